The molecule has 116 valence electrons. The van der Waals surface area contributed by atoms with Crippen LogP contribution < -0.4 is 4.72 Å². The second kappa shape index (κ2) is 6.52. The lowest BCUT2D eigenvalue weighted by Gasteiger charge is -2.32. The third kappa shape index (κ3) is 4.85. The van der Waals surface area contributed by atoms with E-state index in [1.807, 2.05) is 0 Å². The van der Waals surface area contributed by atoms with Crippen LogP contribution in [-0.4, -0.2) is 44.6 Å². The topological polar surface area (TPSA) is 66.5 Å². The van der Waals surface area contributed by atoms with Gasteiger partial charge < -0.3 is 4.90 Å². The van der Waals surface area contributed by atoms with E-state index >= 15 is 0 Å². The fourth-order valence-electron chi connectivity index (χ4n) is 2.36. The highest BCUT2D eigenvalue weighted by Crippen LogP contribution is 2.21. The number of rotatable bonds is 3. The molecule has 1 aliphatic heterocycles. The molecule has 0 aliphatic carbocycles. The Bertz CT molecular complexity index is 621. The number of sulfonamides is 1. The van der Waals surface area contributed by atoms with Crippen molar-refractivity contribution < 1.29 is 13.2 Å². The molecule has 0 atom stereocenters. The minimum absolute atomic E-state index is 0.119. The van der Waals surface area contributed by atoms with Crippen LogP contribution in [0.3, 0.4) is 0 Å². The van der Waals surface area contributed by atoms with Gasteiger partial charge in [0, 0.05) is 34.7 Å². The number of halogens is 2. The third-order valence-corrected chi connectivity index (χ3v) is 4.47. The first-order chi connectivity index (χ1) is 9.74. The minimum Gasteiger partial charge on any atom is -0.339 e. The van der Waals surface area contributed by atoms with Crippen LogP contribution in [0.25, 0.3) is 0 Å². The number of amides is 1. The van der Waals surface area contributed by atoms with E-state index in [-0.39, 0.29) is 11.9 Å². The molecule has 1 saturated heterocycles. The molecule has 5 nitrogen and oxygen atoms in total. The van der Waals surface area contributed by atoms with Gasteiger partial charge >= 0.3 is 0 Å². The number of piperidine rings is 1. The van der Waals surface area contributed by atoms with Gasteiger partial charge in [0.05, 0.1) is 6.26 Å². The molecule has 1 fully saturated rings. The average Bonchev–Trinajstić information content (AvgIpc) is 2.35. The molecule has 0 aromatic heterocycles. The Hall–Kier alpha value is -0.820. The molecule has 1 N–H and O–H groups in total. The van der Waals surface area contributed by atoms with E-state index in [4.69, 9.17) is 23.2 Å². The number of nitrogens with zero attached hydrogens (tertiary/aromatic N) is 1. The van der Waals surface area contributed by atoms with Gasteiger partial charge in [-0.25, -0.2) is 13.1 Å². The van der Waals surface area contributed by atoms with Crippen molar-refractivity contribution in [1.82, 2.24) is 9.62 Å². The maximum absolute atomic E-state index is 12.4. The van der Waals surface area contributed by atoms with Gasteiger partial charge in [0.1, 0.15) is 0 Å². The fourth-order valence-corrected chi connectivity index (χ4v) is 3.73. The largest absolute Gasteiger partial charge is 0.339 e. The summed E-state index contributed by atoms with van der Waals surface area (Å²) in [6, 6.07) is 4.61. The van der Waals surface area contributed by atoms with Crippen molar-refractivity contribution in [2.24, 2.45) is 0 Å². The van der Waals surface area contributed by atoms with E-state index in [1.165, 1.54) is 0 Å². The highest BCUT2D eigenvalue weighted by molar-refractivity contribution is 7.88. The Morgan fingerprint density at radius 2 is 1.71 bits per heavy atom. The average molecular weight is 351 g/mol. The number of hydrogen-bond donors (Lipinski definition) is 1. The summed E-state index contributed by atoms with van der Waals surface area (Å²) in [6.45, 7) is 0.992. The molecular weight excluding hydrogens is 335 g/mol. The predicted molar refractivity (Wildman–Crippen MR) is 83.4 cm³/mol. The first-order valence-corrected chi connectivity index (χ1v) is 9.12. The van der Waals surface area contributed by atoms with Crippen LogP contribution in [0.5, 0.6) is 0 Å². The molecular formula is C13H16Cl2N2O3S. The van der Waals surface area contributed by atoms with Crippen molar-refractivity contribution in [1.29, 1.82) is 0 Å². The molecule has 0 saturated carbocycles. The zero-order valence-corrected chi connectivity index (χ0v) is 13.8. The van der Waals surface area contributed by atoms with Gasteiger partial charge in [0.25, 0.3) is 5.91 Å². The molecule has 1 aromatic rings. The predicted octanol–water partition coefficient (Wildman–Crippen LogP) is 2.15. The molecule has 2 rings (SSSR count). The number of hydrogen-bond acceptors (Lipinski definition) is 3. The molecule has 0 spiro atoms. The molecule has 1 amide bonds. The molecule has 0 bridgehead atoms. The van der Waals surface area contributed by atoms with Crippen LogP contribution in [0.4, 0.5) is 0 Å². The van der Waals surface area contributed by atoms with Crippen LogP contribution in [0.15, 0.2) is 18.2 Å². The van der Waals surface area contributed by atoms with Crippen LogP contribution in [0.2, 0.25) is 10.0 Å². The van der Waals surface area contributed by atoms with Gasteiger partial charge in [-0.05, 0) is 31.0 Å². The molecule has 0 radical (unpaired) electrons. The van der Waals surface area contributed by atoms with E-state index in [9.17, 15) is 13.2 Å². The van der Waals surface area contributed by atoms with Gasteiger partial charge in [0.15, 0.2) is 0 Å². The summed E-state index contributed by atoms with van der Waals surface area (Å²) >= 11 is 11.8. The maximum atomic E-state index is 12.4. The molecule has 1 aliphatic rings. The summed E-state index contributed by atoms with van der Waals surface area (Å²) in [6.07, 6.45) is 2.32. The molecule has 21 heavy (non-hydrogen) atoms. The lowest BCUT2D eigenvalue weighted by Crippen LogP contribution is -2.46. The molecule has 8 heteroatoms. The summed E-state index contributed by atoms with van der Waals surface area (Å²) in [4.78, 5) is 14.0. The van der Waals surface area contributed by atoms with Gasteiger partial charge in [0.2, 0.25) is 10.0 Å². The van der Waals surface area contributed by atoms with E-state index in [0.29, 0.717) is 41.5 Å². The Kier molecular flexibility index (Phi) is 5.14. The Morgan fingerprint density at radius 1 is 1.19 bits per heavy atom. The van der Waals surface area contributed by atoms with Crippen molar-refractivity contribution in [2.75, 3.05) is 19.3 Å². The van der Waals surface area contributed by atoms with Crippen LogP contribution >= 0.6 is 23.2 Å². The highest BCUT2D eigenvalue weighted by atomic mass is 35.5. The Balaban J connectivity index is 2.00. The minimum atomic E-state index is -3.21. The van der Waals surface area contributed by atoms with Gasteiger partial charge in [-0.15, -0.1) is 0 Å². The Morgan fingerprint density at radius 3 is 2.19 bits per heavy atom. The van der Waals surface area contributed by atoms with Crippen molar-refractivity contribution in [3.63, 3.8) is 0 Å². The first kappa shape index (κ1) is 16.5. The first-order valence-electron chi connectivity index (χ1n) is 6.47. The van der Waals surface area contributed by atoms with Crippen molar-refractivity contribution >= 4 is 39.1 Å². The molecule has 1 heterocycles. The van der Waals surface area contributed by atoms with E-state index < -0.39 is 10.0 Å². The summed E-state index contributed by atoms with van der Waals surface area (Å²) in [5.41, 5.74) is 0.446. The summed E-state index contributed by atoms with van der Waals surface area (Å²) in [5, 5.41) is 0.832. The smallest absolute Gasteiger partial charge is 0.253 e. The third-order valence-electron chi connectivity index (χ3n) is 3.27. The van der Waals surface area contributed by atoms with E-state index in [2.05, 4.69) is 4.72 Å². The zero-order valence-electron chi connectivity index (χ0n) is 11.5. The second-order valence-corrected chi connectivity index (χ2v) is 7.77. The van der Waals surface area contributed by atoms with Gasteiger partial charge in [-0.1, -0.05) is 23.2 Å². The number of carbonyl (C=O) groups is 1. The lowest BCUT2D eigenvalue weighted by atomic mass is 10.0. The standard InChI is InChI=1S/C13H16Cl2N2O3S/c1-21(19,20)16-12-2-4-17(5-3-12)13(18)9-6-10(14)8-11(15)7-9/h6-8,12,16H,2-5H2,1H3. The number of carbonyl (C=O) groups excluding carboxylic acids is 1. The van der Waals surface area contributed by atoms with Crippen molar-refractivity contribution in [3.05, 3.63) is 33.8 Å². The van der Waals surface area contributed by atoms with Gasteiger partial charge in [-0.3, -0.25) is 4.79 Å². The molecule has 1 aromatic carbocycles. The zero-order chi connectivity index (χ0) is 15.6. The SMILES string of the molecule is CS(=O)(=O)NC1CCN(C(=O)c2cc(Cl)cc(Cl)c2)CC1. The number of likely N-dealkylation sites (tertiary alicyclic amines) is 1. The number of nitrogens with one attached hydrogen (secondary N) is 1. The quantitative estimate of drug-likeness (QED) is 0.907. The fraction of sp³-hybridized carbons (Fsp3) is 0.462. The summed E-state index contributed by atoms with van der Waals surface area (Å²) < 4.78 is 24.9. The summed E-state index contributed by atoms with van der Waals surface area (Å²) in [7, 11) is -3.21. The number of benzene rings is 1. The lowest BCUT2D eigenvalue weighted by molar-refractivity contribution is 0.0711. The van der Waals surface area contributed by atoms with Crippen LogP contribution in [0.1, 0.15) is 23.2 Å². The van der Waals surface area contributed by atoms with Crippen molar-refractivity contribution in [2.45, 2.75) is 18.9 Å². The van der Waals surface area contributed by atoms with Gasteiger partial charge in [-0.2, -0.15) is 0 Å². The normalized spacial score (nSPS) is 17.0. The monoisotopic (exact) mass is 350 g/mol. The van der Waals surface area contributed by atoms with Crippen LogP contribution in [-0.2, 0) is 10.0 Å². The summed E-state index contributed by atoms with van der Waals surface area (Å²) in [5.74, 6) is -0.141. The second-order valence-electron chi connectivity index (χ2n) is 5.11. The van der Waals surface area contributed by atoms with E-state index in [0.717, 1.165) is 6.26 Å². The Labute approximate surface area is 134 Å². The highest BCUT2D eigenvalue weighted by Gasteiger charge is 2.25. The molecule has 0 unspecified atom stereocenters. The maximum Gasteiger partial charge on any atom is 0.253 e. The van der Waals surface area contributed by atoms with Crippen molar-refractivity contribution in [3.8, 4) is 0 Å². The van der Waals surface area contributed by atoms with Crippen LogP contribution in [0, 0.1) is 0 Å². The van der Waals surface area contributed by atoms with E-state index in [1.54, 1.807) is 23.1 Å².